The van der Waals surface area contributed by atoms with Crippen LogP contribution in [0.1, 0.15) is 41.5 Å². The van der Waals surface area contributed by atoms with Crippen LogP contribution in [-0.2, 0) is 19.1 Å². The van der Waals surface area contributed by atoms with Crippen LogP contribution in [-0.4, -0.2) is 25.2 Å². The zero-order chi connectivity index (χ0) is 14.6. The van der Waals surface area contributed by atoms with Crippen LogP contribution in [0.2, 0.25) is 0 Å². The first-order chi connectivity index (χ1) is 8.00. The van der Waals surface area contributed by atoms with Gasteiger partial charge in [0.1, 0.15) is 13.2 Å². The Hall–Kier alpha value is -1.32. The van der Waals surface area contributed by atoms with Crippen molar-refractivity contribution in [3.05, 3.63) is 12.2 Å². The van der Waals surface area contributed by atoms with E-state index in [-0.39, 0.29) is 24.6 Å². The highest BCUT2D eigenvalue weighted by molar-refractivity contribution is 5.86. The van der Waals surface area contributed by atoms with E-state index in [9.17, 15) is 9.59 Å². The molecule has 0 atom stereocenters. The molecule has 0 aliphatic carbocycles. The molecule has 0 heterocycles. The molecular weight excluding hydrogens is 232 g/mol. The summed E-state index contributed by atoms with van der Waals surface area (Å²) in [6, 6.07) is 0. The second-order valence-electron chi connectivity index (χ2n) is 5.93. The van der Waals surface area contributed by atoms with E-state index in [1.807, 2.05) is 34.6 Å². The van der Waals surface area contributed by atoms with Crippen LogP contribution in [0.5, 0.6) is 0 Å². The summed E-state index contributed by atoms with van der Waals surface area (Å²) in [6.07, 6.45) is 0. The van der Waals surface area contributed by atoms with Crippen molar-refractivity contribution in [2.24, 2.45) is 10.8 Å². The highest BCUT2D eigenvalue weighted by Gasteiger charge is 2.41. The van der Waals surface area contributed by atoms with Gasteiger partial charge in [0, 0.05) is 5.57 Å². The van der Waals surface area contributed by atoms with Gasteiger partial charge in [0.15, 0.2) is 0 Å². The molecule has 0 aromatic rings. The lowest BCUT2D eigenvalue weighted by Crippen LogP contribution is -2.39. The molecule has 4 heteroatoms. The largest absolute Gasteiger partial charge is 0.462 e. The molecule has 4 nitrogen and oxygen atoms in total. The molecule has 104 valence electrons. The van der Waals surface area contributed by atoms with E-state index in [4.69, 9.17) is 9.47 Å². The average molecular weight is 256 g/mol. The minimum absolute atomic E-state index is 0.0532. The quantitative estimate of drug-likeness (QED) is 0.431. The van der Waals surface area contributed by atoms with E-state index in [1.165, 1.54) is 0 Å². The van der Waals surface area contributed by atoms with Crippen LogP contribution in [0, 0.1) is 10.8 Å². The van der Waals surface area contributed by atoms with Gasteiger partial charge in [-0.25, -0.2) is 4.79 Å². The third-order valence-corrected chi connectivity index (χ3v) is 3.28. The monoisotopic (exact) mass is 256 g/mol. The number of carbonyl (C=O) groups excluding carboxylic acids is 2. The predicted molar refractivity (Wildman–Crippen MR) is 70.0 cm³/mol. The zero-order valence-corrected chi connectivity index (χ0v) is 12.3. The standard InChI is InChI=1S/C14H24O4/c1-10(2)11(15)17-8-9-18-12(16)14(6,7)13(3,4)5/h1,8-9H2,2-7H3. The maximum absolute atomic E-state index is 11.9. The molecule has 0 aliphatic heterocycles. The van der Waals surface area contributed by atoms with Crippen molar-refractivity contribution >= 4 is 11.9 Å². The molecule has 0 N–H and O–H groups in total. The molecule has 0 fully saturated rings. The maximum atomic E-state index is 11.9. The van der Waals surface area contributed by atoms with Crippen LogP contribution in [0.25, 0.3) is 0 Å². The van der Waals surface area contributed by atoms with Crippen LogP contribution in [0.3, 0.4) is 0 Å². The SMILES string of the molecule is C=C(C)C(=O)OCCOC(=O)C(C)(C)C(C)(C)C. The zero-order valence-electron chi connectivity index (χ0n) is 12.3. The summed E-state index contributed by atoms with van der Waals surface area (Å²) in [6.45, 7) is 14.8. The van der Waals surface area contributed by atoms with Crippen molar-refractivity contribution in [1.29, 1.82) is 0 Å². The molecule has 0 aliphatic rings. The summed E-state index contributed by atoms with van der Waals surface area (Å²) in [5.74, 6) is -0.762. The van der Waals surface area contributed by atoms with Crippen molar-refractivity contribution in [2.45, 2.75) is 41.5 Å². The van der Waals surface area contributed by atoms with E-state index in [0.717, 1.165) is 0 Å². The number of hydrogen-bond acceptors (Lipinski definition) is 4. The Morgan fingerprint density at radius 3 is 1.83 bits per heavy atom. The molecule has 0 amide bonds. The van der Waals surface area contributed by atoms with Crippen molar-refractivity contribution < 1.29 is 19.1 Å². The third kappa shape index (κ3) is 4.51. The van der Waals surface area contributed by atoms with Gasteiger partial charge in [0.25, 0.3) is 0 Å². The van der Waals surface area contributed by atoms with Crippen LogP contribution in [0.15, 0.2) is 12.2 Å². The van der Waals surface area contributed by atoms with Crippen LogP contribution >= 0.6 is 0 Å². The molecule has 0 rings (SSSR count). The lowest BCUT2D eigenvalue weighted by molar-refractivity contribution is -0.163. The van der Waals surface area contributed by atoms with E-state index in [1.54, 1.807) is 6.92 Å². The first kappa shape index (κ1) is 16.7. The second-order valence-corrected chi connectivity index (χ2v) is 5.93. The minimum Gasteiger partial charge on any atom is -0.462 e. The molecule has 18 heavy (non-hydrogen) atoms. The minimum atomic E-state index is -0.592. The average Bonchev–Trinajstić information content (AvgIpc) is 2.21. The Labute approximate surface area is 109 Å². The van der Waals surface area contributed by atoms with Gasteiger partial charge in [-0.3, -0.25) is 4.79 Å². The fourth-order valence-electron chi connectivity index (χ4n) is 0.879. The van der Waals surface area contributed by atoms with Crippen molar-refractivity contribution in [3.63, 3.8) is 0 Å². The summed E-state index contributed by atoms with van der Waals surface area (Å²) in [5, 5.41) is 0. The van der Waals surface area contributed by atoms with Crippen LogP contribution < -0.4 is 0 Å². The fraction of sp³-hybridized carbons (Fsp3) is 0.714. The van der Waals surface area contributed by atoms with Gasteiger partial charge in [-0.05, 0) is 26.2 Å². The summed E-state index contributed by atoms with van der Waals surface area (Å²) in [4.78, 5) is 23.0. The highest BCUT2D eigenvalue weighted by atomic mass is 16.6. The molecule has 0 aromatic carbocycles. The molecule has 0 aromatic heterocycles. The number of hydrogen-bond donors (Lipinski definition) is 0. The number of carbonyl (C=O) groups is 2. The number of esters is 2. The topological polar surface area (TPSA) is 52.6 Å². The van der Waals surface area contributed by atoms with E-state index >= 15 is 0 Å². The smallest absolute Gasteiger partial charge is 0.333 e. The van der Waals surface area contributed by atoms with Crippen molar-refractivity contribution in [1.82, 2.24) is 0 Å². The summed E-state index contributed by atoms with van der Waals surface area (Å²) in [5.41, 5.74) is -0.458. The van der Waals surface area contributed by atoms with Gasteiger partial charge < -0.3 is 9.47 Å². The van der Waals surface area contributed by atoms with Gasteiger partial charge >= 0.3 is 11.9 Å². The van der Waals surface area contributed by atoms with Gasteiger partial charge in [-0.15, -0.1) is 0 Å². The van der Waals surface area contributed by atoms with Crippen LogP contribution in [0.4, 0.5) is 0 Å². The Morgan fingerprint density at radius 1 is 1.00 bits per heavy atom. The number of rotatable bonds is 5. The molecule has 0 radical (unpaired) electrons. The van der Waals surface area contributed by atoms with E-state index < -0.39 is 11.4 Å². The fourth-order valence-corrected chi connectivity index (χ4v) is 0.879. The predicted octanol–water partition coefficient (Wildman–Crippen LogP) is 2.72. The number of ether oxygens (including phenoxy) is 2. The first-order valence-corrected chi connectivity index (χ1v) is 6.00. The molecule has 0 saturated heterocycles. The maximum Gasteiger partial charge on any atom is 0.333 e. The normalized spacial score (nSPS) is 11.9. The van der Waals surface area contributed by atoms with Gasteiger partial charge in [-0.1, -0.05) is 27.4 Å². The Morgan fingerprint density at radius 2 is 1.44 bits per heavy atom. The van der Waals surface area contributed by atoms with Crippen molar-refractivity contribution in [2.75, 3.05) is 13.2 Å². The van der Waals surface area contributed by atoms with E-state index in [2.05, 4.69) is 6.58 Å². The molecule has 0 bridgehead atoms. The first-order valence-electron chi connectivity index (χ1n) is 6.00. The Bertz CT molecular complexity index is 334. The second kappa shape index (κ2) is 6.03. The van der Waals surface area contributed by atoms with Gasteiger partial charge in [-0.2, -0.15) is 0 Å². The summed E-state index contributed by atoms with van der Waals surface area (Å²) >= 11 is 0. The lowest BCUT2D eigenvalue weighted by atomic mass is 9.69. The van der Waals surface area contributed by atoms with Crippen molar-refractivity contribution in [3.8, 4) is 0 Å². The van der Waals surface area contributed by atoms with E-state index in [0.29, 0.717) is 5.57 Å². The Kier molecular flexibility index (Phi) is 5.58. The third-order valence-electron chi connectivity index (χ3n) is 3.28. The van der Waals surface area contributed by atoms with Gasteiger partial charge in [0.2, 0.25) is 0 Å². The highest BCUT2D eigenvalue weighted by Crippen LogP contribution is 2.38. The molecular formula is C14H24O4. The summed E-state index contributed by atoms with van der Waals surface area (Å²) in [7, 11) is 0. The molecule has 0 saturated carbocycles. The molecule has 0 unspecified atom stereocenters. The lowest BCUT2D eigenvalue weighted by Gasteiger charge is -2.36. The Balaban J connectivity index is 4.14. The van der Waals surface area contributed by atoms with Gasteiger partial charge in [0.05, 0.1) is 5.41 Å². The summed E-state index contributed by atoms with van der Waals surface area (Å²) < 4.78 is 9.95. The molecule has 0 spiro atoms.